The summed E-state index contributed by atoms with van der Waals surface area (Å²) in [6, 6.07) is 5.05. The predicted octanol–water partition coefficient (Wildman–Crippen LogP) is 1.63. The molecule has 140 valence electrons. The standard InChI is InChI=1S/C17H26ClN3O4/c1-17(11-22,12-23)10-20(2)16(24)19-14-5-3-4-13(18)15(14)21-6-8-25-9-7-21/h3-5,22-23H,6-12H2,1-2H3,(H,19,24). The highest BCUT2D eigenvalue weighted by Crippen LogP contribution is 2.34. The molecule has 1 aromatic carbocycles. The third-order valence-electron chi connectivity index (χ3n) is 4.28. The van der Waals surface area contributed by atoms with Crippen LogP contribution in [0.4, 0.5) is 16.2 Å². The second kappa shape index (κ2) is 8.71. The average molecular weight is 372 g/mol. The second-order valence-corrected chi connectivity index (χ2v) is 7.06. The predicted molar refractivity (Wildman–Crippen MR) is 98.4 cm³/mol. The van der Waals surface area contributed by atoms with E-state index in [-0.39, 0.29) is 25.8 Å². The molecule has 0 atom stereocenters. The lowest BCUT2D eigenvalue weighted by atomic mass is 9.92. The molecule has 0 unspecified atom stereocenters. The Morgan fingerprint density at radius 3 is 2.60 bits per heavy atom. The maximum atomic E-state index is 12.5. The first-order valence-corrected chi connectivity index (χ1v) is 8.63. The number of nitrogens with zero attached hydrogens (tertiary/aromatic N) is 2. The van der Waals surface area contributed by atoms with Crippen LogP contribution < -0.4 is 10.2 Å². The van der Waals surface area contributed by atoms with Crippen molar-refractivity contribution in [2.75, 3.05) is 63.3 Å². The summed E-state index contributed by atoms with van der Waals surface area (Å²) in [5, 5.41) is 22.2. The van der Waals surface area contributed by atoms with Gasteiger partial charge < -0.3 is 30.1 Å². The highest BCUT2D eigenvalue weighted by Gasteiger charge is 2.27. The zero-order valence-corrected chi connectivity index (χ0v) is 15.4. The molecule has 1 saturated heterocycles. The van der Waals surface area contributed by atoms with Crippen LogP contribution in [0.25, 0.3) is 0 Å². The van der Waals surface area contributed by atoms with Crippen LogP contribution in [0.2, 0.25) is 5.02 Å². The number of anilines is 2. The van der Waals surface area contributed by atoms with Crippen LogP contribution in [0.5, 0.6) is 0 Å². The number of rotatable bonds is 6. The molecular weight excluding hydrogens is 346 g/mol. The Kier molecular flexibility index (Phi) is 6.89. The number of aliphatic hydroxyl groups excluding tert-OH is 2. The van der Waals surface area contributed by atoms with Gasteiger partial charge in [-0.25, -0.2) is 4.79 Å². The molecule has 0 saturated carbocycles. The SMILES string of the molecule is CN(CC(C)(CO)CO)C(=O)Nc1cccc(Cl)c1N1CCOCC1. The number of hydrogen-bond donors (Lipinski definition) is 3. The van der Waals surface area contributed by atoms with Crippen molar-refractivity contribution in [3.63, 3.8) is 0 Å². The zero-order chi connectivity index (χ0) is 18.4. The number of aliphatic hydroxyl groups is 2. The van der Waals surface area contributed by atoms with Gasteiger partial charge in [-0.15, -0.1) is 0 Å². The molecule has 2 rings (SSSR count). The molecule has 0 bridgehead atoms. The number of hydrogen-bond acceptors (Lipinski definition) is 5. The fourth-order valence-corrected chi connectivity index (χ4v) is 3.02. The van der Waals surface area contributed by atoms with Gasteiger partial charge in [-0.05, 0) is 12.1 Å². The molecule has 0 aliphatic carbocycles. The molecule has 3 N–H and O–H groups in total. The van der Waals surface area contributed by atoms with Gasteiger partial charge in [-0.2, -0.15) is 0 Å². The first-order chi connectivity index (χ1) is 11.9. The number of morpholine rings is 1. The molecule has 0 spiro atoms. The number of carbonyl (C=O) groups excluding carboxylic acids is 1. The van der Waals surface area contributed by atoms with Crippen LogP contribution in [-0.2, 0) is 4.74 Å². The largest absolute Gasteiger partial charge is 0.396 e. The second-order valence-electron chi connectivity index (χ2n) is 6.65. The summed E-state index contributed by atoms with van der Waals surface area (Å²) in [5.74, 6) is 0. The van der Waals surface area contributed by atoms with Crippen molar-refractivity contribution in [3.8, 4) is 0 Å². The zero-order valence-electron chi connectivity index (χ0n) is 14.7. The van der Waals surface area contributed by atoms with Crippen LogP contribution in [0.3, 0.4) is 0 Å². The van der Waals surface area contributed by atoms with Gasteiger partial charge in [0.1, 0.15) is 0 Å². The summed E-state index contributed by atoms with van der Waals surface area (Å²) >= 11 is 6.36. The van der Waals surface area contributed by atoms with Gasteiger partial charge in [0.2, 0.25) is 0 Å². The summed E-state index contributed by atoms with van der Waals surface area (Å²) in [7, 11) is 1.62. The molecule has 1 heterocycles. The van der Waals surface area contributed by atoms with E-state index in [1.54, 1.807) is 32.2 Å². The minimum absolute atomic E-state index is 0.211. The van der Waals surface area contributed by atoms with Crippen molar-refractivity contribution >= 4 is 29.0 Å². The summed E-state index contributed by atoms with van der Waals surface area (Å²) in [4.78, 5) is 16.1. The Bertz CT molecular complexity index is 589. The smallest absolute Gasteiger partial charge is 0.321 e. The van der Waals surface area contributed by atoms with Crippen molar-refractivity contribution in [1.29, 1.82) is 0 Å². The normalized spacial score (nSPS) is 15.2. The van der Waals surface area contributed by atoms with E-state index in [2.05, 4.69) is 10.2 Å². The molecule has 8 heteroatoms. The minimum Gasteiger partial charge on any atom is -0.396 e. The van der Waals surface area contributed by atoms with E-state index in [0.29, 0.717) is 37.0 Å². The van der Waals surface area contributed by atoms with Gasteiger partial charge in [-0.1, -0.05) is 24.6 Å². The molecule has 25 heavy (non-hydrogen) atoms. The molecule has 0 aromatic heterocycles. The Morgan fingerprint density at radius 2 is 2.00 bits per heavy atom. The maximum absolute atomic E-state index is 12.5. The van der Waals surface area contributed by atoms with Crippen molar-refractivity contribution in [2.45, 2.75) is 6.92 Å². The van der Waals surface area contributed by atoms with Gasteiger partial charge in [0.25, 0.3) is 0 Å². The van der Waals surface area contributed by atoms with Crippen LogP contribution in [0.15, 0.2) is 18.2 Å². The number of amides is 2. The van der Waals surface area contributed by atoms with Crippen LogP contribution in [0.1, 0.15) is 6.92 Å². The highest BCUT2D eigenvalue weighted by atomic mass is 35.5. The van der Waals surface area contributed by atoms with E-state index in [4.69, 9.17) is 16.3 Å². The summed E-state index contributed by atoms with van der Waals surface area (Å²) in [5.41, 5.74) is 0.648. The van der Waals surface area contributed by atoms with Gasteiger partial charge in [-0.3, -0.25) is 0 Å². The van der Waals surface area contributed by atoms with Crippen molar-refractivity contribution in [3.05, 3.63) is 23.2 Å². The van der Waals surface area contributed by atoms with Gasteiger partial charge in [0.15, 0.2) is 0 Å². The lowest BCUT2D eigenvalue weighted by molar-refractivity contribution is 0.0509. The fourth-order valence-electron chi connectivity index (χ4n) is 2.73. The third-order valence-corrected chi connectivity index (χ3v) is 4.59. The molecule has 7 nitrogen and oxygen atoms in total. The number of benzene rings is 1. The Labute approximate surface area is 153 Å². The summed E-state index contributed by atoms with van der Waals surface area (Å²) in [6.07, 6.45) is 0. The van der Waals surface area contributed by atoms with E-state index >= 15 is 0 Å². The molecule has 0 radical (unpaired) electrons. The van der Waals surface area contributed by atoms with E-state index in [0.717, 1.165) is 5.69 Å². The Morgan fingerprint density at radius 1 is 1.36 bits per heavy atom. The van der Waals surface area contributed by atoms with Crippen LogP contribution >= 0.6 is 11.6 Å². The fraction of sp³-hybridized carbons (Fsp3) is 0.588. The number of para-hydroxylation sites is 1. The van der Waals surface area contributed by atoms with Crippen LogP contribution in [0, 0.1) is 5.41 Å². The first-order valence-electron chi connectivity index (χ1n) is 8.25. The van der Waals surface area contributed by atoms with E-state index in [1.807, 2.05) is 0 Å². The first kappa shape index (κ1) is 19.8. The number of nitrogens with one attached hydrogen (secondary N) is 1. The summed E-state index contributed by atoms with van der Waals surface area (Å²) in [6.45, 7) is 4.15. The molecular formula is C17H26ClN3O4. The van der Waals surface area contributed by atoms with Crippen molar-refractivity contribution in [2.24, 2.45) is 5.41 Å². The summed E-state index contributed by atoms with van der Waals surface area (Å²) < 4.78 is 5.37. The van der Waals surface area contributed by atoms with Gasteiger partial charge in [0.05, 0.1) is 42.8 Å². The number of ether oxygens (including phenoxy) is 1. The Hall–Kier alpha value is -1.54. The molecule has 1 fully saturated rings. The molecule has 2 amide bonds. The molecule has 1 aliphatic heterocycles. The molecule has 1 aromatic rings. The molecule has 1 aliphatic rings. The van der Waals surface area contributed by atoms with Gasteiger partial charge in [0, 0.05) is 32.1 Å². The number of urea groups is 1. The third kappa shape index (κ3) is 4.98. The van der Waals surface area contributed by atoms with Gasteiger partial charge >= 0.3 is 6.03 Å². The average Bonchev–Trinajstić information content (AvgIpc) is 2.62. The van der Waals surface area contributed by atoms with Crippen molar-refractivity contribution in [1.82, 2.24) is 4.90 Å². The van der Waals surface area contributed by atoms with Crippen molar-refractivity contribution < 1.29 is 19.7 Å². The topological polar surface area (TPSA) is 85.3 Å². The van der Waals surface area contributed by atoms with Crippen LogP contribution in [-0.4, -0.2) is 74.3 Å². The lowest BCUT2D eigenvalue weighted by Gasteiger charge is -2.33. The highest BCUT2D eigenvalue weighted by molar-refractivity contribution is 6.34. The minimum atomic E-state index is -0.756. The van der Waals surface area contributed by atoms with E-state index in [9.17, 15) is 15.0 Å². The monoisotopic (exact) mass is 371 g/mol. The maximum Gasteiger partial charge on any atom is 0.321 e. The lowest BCUT2D eigenvalue weighted by Crippen LogP contribution is -2.43. The Balaban J connectivity index is 2.14. The van der Waals surface area contributed by atoms with E-state index < -0.39 is 5.41 Å². The number of halogens is 1. The van der Waals surface area contributed by atoms with E-state index in [1.165, 1.54) is 4.90 Å². The number of carbonyl (C=O) groups is 1. The quantitative estimate of drug-likeness (QED) is 0.707.